The Morgan fingerprint density at radius 3 is 2.36 bits per heavy atom. The summed E-state index contributed by atoms with van der Waals surface area (Å²) in [4.78, 5) is 2.56. The van der Waals surface area contributed by atoms with Crippen molar-refractivity contribution < 1.29 is 4.74 Å². The number of ether oxygens (including phenoxy) is 1. The lowest BCUT2D eigenvalue weighted by Gasteiger charge is -2.52. The normalized spacial score (nSPS) is 32.1. The zero-order chi connectivity index (χ0) is 10.2. The Morgan fingerprint density at radius 1 is 1.36 bits per heavy atom. The first-order valence-corrected chi connectivity index (χ1v) is 6.07. The molecule has 2 heteroatoms. The van der Waals surface area contributed by atoms with Gasteiger partial charge in [-0.15, -0.1) is 0 Å². The third-order valence-electron chi connectivity index (χ3n) is 3.91. The highest BCUT2D eigenvalue weighted by atomic mass is 16.5. The fraction of sp³-hybridized carbons (Fsp3) is 1.00. The molecular weight excluding hydrogens is 174 g/mol. The number of rotatable bonds is 2. The second-order valence-electron chi connectivity index (χ2n) is 5.16. The molecule has 82 valence electrons. The van der Waals surface area contributed by atoms with E-state index in [4.69, 9.17) is 4.74 Å². The fourth-order valence-corrected chi connectivity index (χ4v) is 2.76. The van der Waals surface area contributed by atoms with E-state index in [1.165, 1.54) is 38.8 Å². The molecule has 2 rings (SSSR count). The third-order valence-corrected chi connectivity index (χ3v) is 3.91. The summed E-state index contributed by atoms with van der Waals surface area (Å²) in [5.74, 6) is 0. The molecule has 2 nitrogen and oxygen atoms in total. The standard InChI is InChI=1S/C12H23NO/c1-4-11-9-12(14-11)5-7-13(8-6-12)10(2)3/h10-11H,4-9H2,1-3H3. The third kappa shape index (κ3) is 1.82. The van der Waals surface area contributed by atoms with Crippen LogP contribution in [-0.2, 0) is 4.74 Å². The van der Waals surface area contributed by atoms with Gasteiger partial charge in [-0.3, -0.25) is 0 Å². The Hall–Kier alpha value is -0.0800. The molecule has 1 spiro atoms. The van der Waals surface area contributed by atoms with Gasteiger partial charge in [0.15, 0.2) is 0 Å². The molecule has 0 aromatic carbocycles. The fourth-order valence-electron chi connectivity index (χ4n) is 2.76. The maximum atomic E-state index is 6.02. The van der Waals surface area contributed by atoms with Crippen LogP contribution in [-0.4, -0.2) is 35.7 Å². The van der Waals surface area contributed by atoms with Crippen molar-refractivity contribution in [2.45, 2.75) is 64.2 Å². The lowest BCUT2D eigenvalue weighted by molar-refractivity contribution is -0.226. The van der Waals surface area contributed by atoms with E-state index in [0.717, 1.165) is 0 Å². The predicted octanol–water partition coefficient (Wildman–Crippen LogP) is 2.43. The minimum atomic E-state index is 0.298. The topological polar surface area (TPSA) is 12.5 Å². The van der Waals surface area contributed by atoms with Gasteiger partial charge in [0.25, 0.3) is 0 Å². The van der Waals surface area contributed by atoms with Gasteiger partial charge in [0.05, 0.1) is 11.7 Å². The molecule has 0 radical (unpaired) electrons. The SMILES string of the molecule is CCC1CC2(CCN(C(C)C)CC2)O1. The molecule has 2 heterocycles. The van der Waals surface area contributed by atoms with Crippen LogP contribution in [0.15, 0.2) is 0 Å². The second kappa shape index (κ2) is 3.82. The van der Waals surface area contributed by atoms with Crippen LogP contribution < -0.4 is 0 Å². The summed E-state index contributed by atoms with van der Waals surface area (Å²) in [5.41, 5.74) is 0.298. The van der Waals surface area contributed by atoms with E-state index >= 15 is 0 Å². The van der Waals surface area contributed by atoms with Crippen LogP contribution in [0.4, 0.5) is 0 Å². The van der Waals surface area contributed by atoms with Crippen LogP contribution in [0.1, 0.15) is 46.5 Å². The van der Waals surface area contributed by atoms with E-state index < -0.39 is 0 Å². The Balaban J connectivity index is 1.80. The molecule has 0 aromatic rings. The van der Waals surface area contributed by atoms with E-state index in [2.05, 4.69) is 25.7 Å². The molecule has 2 fully saturated rings. The molecular formula is C12H23NO. The van der Waals surface area contributed by atoms with Crippen molar-refractivity contribution in [1.29, 1.82) is 0 Å². The molecule has 0 aliphatic carbocycles. The number of hydrogen-bond donors (Lipinski definition) is 0. The van der Waals surface area contributed by atoms with Crippen LogP contribution in [0.25, 0.3) is 0 Å². The molecule has 0 N–H and O–H groups in total. The first-order chi connectivity index (χ1) is 6.65. The molecule has 0 saturated carbocycles. The van der Waals surface area contributed by atoms with Crippen molar-refractivity contribution in [3.05, 3.63) is 0 Å². The monoisotopic (exact) mass is 197 g/mol. The van der Waals surface area contributed by atoms with Gasteiger partial charge in [-0.2, -0.15) is 0 Å². The van der Waals surface area contributed by atoms with Crippen LogP contribution >= 0.6 is 0 Å². The van der Waals surface area contributed by atoms with E-state index in [-0.39, 0.29) is 0 Å². The highest BCUT2D eigenvalue weighted by molar-refractivity contribution is 4.97. The second-order valence-corrected chi connectivity index (χ2v) is 5.16. The zero-order valence-corrected chi connectivity index (χ0v) is 9.75. The van der Waals surface area contributed by atoms with E-state index in [1.54, 1.807) is 0 Å². The first kappa shape index (κ1) is 10.4. The van der Waals surface area contributed by atoms with Crippen LogP contribution in [0, 0.1) is 0 Å². The molecule has 0 aromatic heterocycles. The van der Waals surface area contributed by atoms with E-state index in [0.29, 0.717) is 17.7 Å². The van der Waals surface area contributed by atoms with Crippen molar-refractivity contribution in [2.24, 2.45) is 0 Å². The summed E-state index contributed by atoms with van der Waals surface area (Å²) >= 11 is 0. The molecule has 14 heavy (non-hydrogen) atoms. The maximum absolute atomic E-state index is 6.02. The highest BCUT2D eigenvalue weighted by Gasteiger charge is 2.46. The number of hydrogen-bond acceptors (Lipinski definition) is 2. The summed E-state index contributed by atoms with van der Waals surface area (Å²) in [6.45, 7) is 9.26. The maximum Gasteiger partial charge on any atom is 0.0735 e. The van der Waals surface area contributed by atoms with Gasteiger partial charge < -0.3 is 9.64 Å². The van der Waals surface area contributed by atoms with E-state index in [1.807, 2.05) is 0 Å². The summed E-state index contributed by atoms with van der Waals surface area (Å²) in [6.07, 6.45) is 5.58. The Labute approximate surface area is 87.6 Å². The highest BCUT2D eigenvalue weighted by Crippen LogP contribution is 2.42. The average Bonchev–Trinajstić information content (AvgIpc) is 2.14. The molecule has 2 aliphatic heterocycles. The van der Waals surface area contributed by atoms with Crippen molar-refractivity contribution in [3.8, 4) is 0 Å². The molecule has 1 unspecified atom stereocenters. The minimum absolute atomic E-state index is 0.298. The largest absolute Gasteiger partial charge is 0.371 e. The molecule has 0 amide bonds. The Bertz CT molecular complexity index is 186. The summed E-state index contributed by atoms with van der Waals surface area (Å²) < 4.78 is 6.02. The van der Waals surface area contributed by atoms with Gasteiger partial charge in [-0.25, -0.2) is 0 Å². The van der Waals surface area contributed by atoms with Crippen LogP contribution in [0.2, 0.25) is 0 Å². The number of likely N-dealkylation sites (tertiary alicyclic amines) is 1. The molecule has 2 saturated heterocycles. The van der Waals surface area contributed by atoms with Crippen molar-refractivity contribution in [1.82, 2.24) is 4.90 Å². The van der Waals surface area contributed by atoms with Gasteiger partial charge in [-0.05, 0) is 33.1 Å². The smallest absolute Gasteiger partial charge is 0.0735 e. The summed E-state index contributed by atoms with van der Waals surface area (Å²) in [5, 5.41) is 0. The molecule has 2 aliphatic rings. The van der Waals surface area contributed by atoms with Gasteiger partial charge in [-0.1, -0.05) is 6.92 Å². The quantitative estimate of drug-likeness (QED) is 0.674. The summed E-state index contributed by atoms with van der Waals surface area (Å²) in [7, 11) is 0. The van der Waals surface area contributed by atoms with Crippen LogP contribution in [0.5, 0.6) is 0 Å². The minimum Gasteiger partial charge on any atom is -0.371 e. The Morgan fingerprint density at radius 2 is 1.93 bits per heavy atom. The lowest BCUT2D eigenvalue weighted by atomic mass is 9.79. The zero-order valence-electron chi connectivity index (χ0n) is 9.75. The number of piperidine rings is 1. The Kier molecular flexibility index (Phi) is 2.85. The predicted molar refractivity (Wildman–Crippen MR) is 58.5 cm³/mol. The van der Waals surface area contributed by atoms with Crippen molar-refractivity contribution in [2.75, 3.05) is 13.1 Å². The van der Waals surface area contributed by atoms with Gasteiger partial charge >= 0.3 is 0 Å². The summed E-state index contributed by atoms with van der Waals surface area (Å²) in [6, 6.07) is 0.703. The van der Waals surface area contributed by atoms with Crippen LogP contribution in [0.3, 0.4) is 0 Å². The molecule has 1 atom stereocenters. The van der Waals surface area contributed by atoms with Crippen molar-refractivity contribution >= 4 is 0 Å². The first-order valence-electron chi connectivity index (χ1n) is 6.07. The molecule has 0 bridgehead atoms. The van der Waals surface area contributed by atoms with Gasteiger partial charge in [0.1, 0.15) is 0 Å². The average molecular weight is 197 g/mol. The van der Waals surface area contributed by atoms with Crippen molar-refractivity contribution in [3.63, 3.8) is 0 Å². The van der Waals surface area contributed by atoms with Gasteiger partial charge in [0, 0.05) is 25.6 Å². The van der Waals surface area contributed by atoms with Gasteiger partial charge in [0.2, 0.25) is 0 Å². The lowest BCUT2D eigenvalue weighted by Crippen LogP contribution is -2.57. The number of nitrogens with zero attached hydrogens (tertiary/aromatic N) is 1. The van der Waals surface area contributed by atoms with E-state index in [9.17, 15) is 0 Å².